The third kappa shape index (κ3) is 2.90. The Balaban J connectivity index is 1.41. The van der Waals surface area contributed by atoms with E-state index in [-0.39, 0.29) is 12.6 Å². The molecule has 2 heterocycles. The van der Waals surface area contributed by atoms with Gasteiger partial charge in [0.2, 0.25) is 0 Å². The molecular weight excluding hydrogens is 334 g/mol. The van der Waals surface area contributed by atoms with Gasteiger partial charge in [-0.2, -0.15) is 0 Å². The lowest BCUT2D eigenvalue weighted by molar-refractivity contribution is -0.152. The lowest BCUT2D eigenvalue weighted by Crippen LogP contribution is -2.27. The molecular formula is C17H12ClNO3S. The van der Waals surface area contributed by atoms with Crippen LogP contribution in [-0.4, -0.2) is 17.1 Å². The summed E-state index contributed by atoms with van der Waals surface area (Å²) in [7, 11) is 0. The van der Waals surface area contributed by atoms with Crippen LogP contribution in [0.5, 0.6) is 5.75 Å². The Bertz CT molecular complexity index is 859. The van der Waals surface area contributed by atoms with Crippen molar-refractivity contribution in [2.24, 2.45) is 0 Å². The fourth-order valence-electron chi connectivity index (χ4n) is 2.56. The van der Waals surface area contributed by atoms with Crippen LogP contribution in [-0.2, 0) is 22.6 Å². The number of fused-ring (bicyclic) bond motifs is 2. The zero-order valence-corrected chi connectivity index (χ0v) is 13.6. The molecule has 3 aromatic rings. The van der Waals surface area contributed by atoms with E-state index < -0.39 is 6.10 Å². The number of hydrogen-bond acceptors (Lipinski definition) is 5. The summed E-state index contributed by atoms with van der Waals surface area (Å²) in [6, 6.07) is 13.2. The van der Waals surface area contributed by atoms with Crippen molar-refractivity contribution in [3.05, 3.63) is 58.1 Å². The van der Waals surface area contributed by atoms with Gasteiger partial charge >= 0.3 is 5.97 Å². The number of carbonyl (C=O) groups excluding carboxylic acids is 1. The Morgan fingerprint density at radius 3 is 3.09 bits per heavy atom. The molecule has 0 fully saturated rings. The van der Waals surface area contributed by atoms with Gasteiger partial charge in [-0.05, 0) is 35.9 Å². The normalized spacial score (nSPS) is 16.1. The molecule has 0 bridgehead atoms. The van der Waals surface area contributed by atoms with Crippen molar-refractivity contribution in [2.75, 3.05) is 0 Å². The molecule has 1 aromatic heterocycles. The maximum absolute atomic E-state index is 12.2. The first-order valence-corrected chi connectivity index (χ1v) is 8.35. The highest BCUT2D eigenvalue weighted by Crippen LogP contribution is 2.31. The Labute approximate surface area is 141 Å². The van der Waals surface area contributed by atoms with Crippen LogP contribution >= 0.6 is 22.9 Å². The topological polar surface area (TPSA) is 48.4 Å². The van der Waals surface area contributed by atoms with E-state index in [1.165, 1.54) is 11.3 Å². The van der Waals surface area contributed by atoms with Gasteiger partial charge in [-0.3, -0.25) is 0 Å². The standard InChI is InChI=1S/C17H12ClNO3S/c18-11-5-6-13-10(7-11)8-14(22-13)17(20)21-9-16-19-12-3-1-2-4-15(12)23-16/h1-7,14H,8-9H2/t14-/m1/s1. The van der Waals surface area contributed by atoms with Gasteiger partial charge in [0, 0.05) is 11.4 Å². The molecule has 4 rings (SSSR count). The number of carbonyl (C=O) groups is 1. The predicted molar refractivity (Wildman–Crippen MR) is 89.0 cm³/mol. The molecule has 23 heavy (non-hydrogen) atoms. The predicted octanol–water partition coefficient (Wildman–Crippen LogP) is 4.00. The second-order valence-corrected chi connectivity index (χ2v) is 6.80. The summed E-state index contributed by atoms with van der Waals surface area (Å²) in [4.78, 5) is 16.6. The second-order valence-electron chi connectivity index (χ2n) is 5.25. The summed E-state index contributed by atoms with van der Waals surface area (Å²) in [6.45, 7) is 0.162. The van der Waals surface area contributed by atoms with Gasteiger partial charge in [0.05, 0.1) is 10.2 Å². The molecule has 1 atom stereocenters. The van der Waals surface area contributed by atoms with Crippen LogP contribution in [0.4, 0.5) is 0 Å². The van der Waals surface area contributed by atoms with Crippen LogP contribution < -0.4 is 4.74 Å². The maximum atomic E-state index is 12.2. The van der Waals surface area contributed by atoms with E-state index in [0.717, 1.165) is 20.8 Å². The van der Waals surface area contributed by atoms with Crippen molar-refractivity contribution in [1.29, 1.82) is 0 Å². The van der Waals surface area contributed by atoms with Crippen LogP contribution in [0.25, 0.3) is 10.2 Å². The minimum atomic E-state index is -0.613. The molecule has 2 aromatic carbocycles. The van der Waals surface area contributed by atoms with Crippen molar-refractivity contribution in [3.8, 4) is 5.75 Å². The first-order valence-electron chi connectivity index (χ1n) is 7.15. The highest BCUT2D eigenvalue weighted by molar-refractivity contribution is 7.18. The number of thiazole rings is 1. The monoisotopic (exact) mass is 345 g/mol. The Hall–Kier alpha value is -2.11. The van der Waals surface area contributed by atoms with Crippen molar-refractivity contribution >= 4 is 39.1 Å². The van der Waals surface area contributed by atoms with Crippen LogP contribution in [0.15, 0.2) is 42.5 Å². The number of rotatable bonds is 3. The molecule has 0 saturated heterocycles. The quantitative estimate of drug-likeness (QED) is 0.673. The van der Waals surface area contributed by atoms with Crippen LogP contribution in [0.2, 0.25) is 5.02 Å². The fraction of sp³-hybridized carbons (Fsp3) is 0.176. The van der Waals surface area contributed by atoms with Gasteiger partial charge in [-0.25, -0.2) is 9.78 Å². The van der Waals surface area contributed by atoms with Crippen molar-refractivity contribution in [2.45, 2.75) is 19.1 Å². The summed E-state index contributed by atoms with van der Waals surface area (Å²) < 4.78 is 12.1. The third-order valence-corrected chi connectivity index (χ3v) is 4.88. The fourth-order valence-corrected chi connectivity index (χ4v) is 3.63. The first-order chi connectivity index (χ1) is 11.2. The minimum absolute atomic E-state index is 0.162. The molecule has 0 aliphatic carbocycles. The maximum Gasteiger partial charge on any atom is 0.348 e. The van der Waals surface area contributed by atoms with E-state index in [0.29, 0.717) is 17.2 Å². The molecule has 1 aliphatic rings. The number of ether oxygens (including phenoxy) is 2. The number of nitrogens with zero attached hydrogens (tertiary/aromatic N) is 1. The summed E-state index contributed by atoms with van der Waals surface area (Å²) in [5.41, 5.74) is 1.85. The molecule has 0 spiro atoms. The number of benzene rings is 2. The minimum Gasteiger partial charge on any atom is -0.478 e. The van der Waals surface area contributed by atoms with Gasteiger partial charge in [-0.1, -0.05) is 23.7 Å². The number of hydrogen-bond donors (Lipinski definition) is 0. The van der Waals surface area contributed by atoms with Crippen LogP contribution in [0.3, 0.4) is 0 Å². The number of aromatic nitrogens is 1. The Morgan fingerprint density at radius 1 is 1.35 bits per heavy atom. The third-order valence-electron chi connectivity index (χ3n) is 3.64. The van der Waals surface area contributed by atoms with Crippen molar-refractivity contribution < 1.29 is 14.3 Å². The van der Waals surface area contributed by atoms with E-state index in [9.17, 15) is 4.79 Å². The molecule has 1 aliphatic heterocycles. The van der Waals surface area contributed by atoms with E-state index in [2.05, 4.69) is 4.98 Å². The summed E-state index contributed by atoms with van der Waals surface area (Å²) in [5.74, 6) is 0.313. The highest BCUT2D eigenvalue weighted by Gasteiger charge is 2.30. The van der Waals surface area contributed by atoms with Crippen LogP contribution in [0.1, 0.15) is 10.6 Å². The number of halogens is 1. The molecule has 0 radical (unpaired) electrons. The van der Waals surface area contributed by atoms with Crippen molar-refractivity contribution in [3.63, 3.8) is 0 Å². The van der Waals surface area contributed by atoms with E-state index >= 15 is 0 Å². The van der Waals surface area contributed by atoms with Gasteiger partial charge < -0.3 is 9.47 Å². The number of esters is 1. The molecule has 6 heteroatoms. The largest absolute Gasteiger partial charge is 0.478 e. The summed E-state index contributed by atoms with van der Waals surface area (Å²) >= 11 is 7.48. The highest BCUT2D eigenvalue weighted by atomic mass is 35.5. The zero-order valence-electron chi connectivity index (χ0n) is 12.0. The molecule has 116 valence electrons. The van der Waals surface area contributed by atoms with Gasteiger partial charge in [0.25, 0.3) is 0 Å². The molecule has 4 nitrogen and oxygen atoms in total. The SMILES string of the molecule is O=C(OCc1nc2ccccc2s1)[C@H]1Cc2cc(Cl)ccc2O1. The van der Waals surface area contributed by atoms with E-state index in [1.54, 1.807) is 12.1 Å². The van der Waals surface area contributed by atoms with E-state index in [4.69, 9.17) is 21.1 Å². The van der Waals surface area contributed by atoms with Gasteiger partial charge in [-0.15, -0.1) is 11.3 Å². The number of para-hydroxylation sites is 1. The summed E-state index contributed by atoms with van der Waals surface area (Å²) in [5, 5.41) is 1.41. The average molecular weight is 346 g/mol. The zero-order chi connectivity index (χ0) is 15.8. The summed E-state index contributed by atoms with van der Waals surface area (Å²) in [6.07, 6.45) is -0.132. The first kappa shape index (κ1) is 14.5. The lowest BCUT2D eigenvalue weighted by atomic mass is 10.1. The van der Waals surface area contributed by atoms with Gasteiger partial charge in [0.15, 0.2) is 6.10 Å². The van der Waals surface area contributed by atoms with Crippen LogP contribution in [0, 0.1) is 0 Å². The second kappa shape index (κ2) is 5.83. The molecule has 0 saturated carbocycles. The molecule has 0 amide bonds. The van der Waals surface area contributed by atoms with Gasteiger partial charge in [0.1, 0.15) is 17.4 Å². The molecule has 0 N–H and O–H groups in total. The smallest absolute Gasteiger partial charge is 0.348 e. The Morgan fingerprint density at radius 2 is 2.22 bits per heavy atom. The van der Waals surface area contributed by atoms with E-state index in [1.807, 2.05) is 30.3 Å². The molecule has 0 unspecified atom stereocenters. The Kier molecular flexibility index (Phi) is 3.67. The lowest BCUT2D eigenvalue weighted by Gasteiger charge is -2.09. The van der Waals surface area contributed by atoms with Crippen molar-refractivity contribution in [1.82, 2.24) is 4.98 Å². The average Bonchev–Trinajstić information content (AvgIpc) is 3.15.